The van der Waals surface area contributed by atoms with Crippen molar-refractivity contribution >= 4 is 46.2 Å². The molecule has 0 aromatic heterocycles. The highest BCUT2D eigenvalue weighted by Gasteiger charge is 2.12. The Hall–Kier alpha value is -2.20. The fourth-order valence-corrected chi connectivity index (χ4v) is 2.88. The largest absolute Gasteiger partial charge is 0.398 e. The first-order valence-electron chi connectivity index (χ1n) is 7.79. The van der Waals surface area contributed by atoms with E-state index in [1.807, 2.05) is 36.4 Å². The van der Waals surface area contributed by atoms with Crippen LogP contribution in [0.3, 0.4) is 0 Å². The Balaban J connectivity index is 1.91. The van der Waals surface area contributed by atoms with E-state index in [1.165, 1.54) is 0 Å². The van der Waals surface area contributed by atoms with Gasteiger partial charge >= 0.3 is 0 Å². The third-order valence-electron chi connectivity index (χ3n) is 3.69. The van der Waals surface area contributed by atoms with Gasteiger partial charge in [0.1, 0.15) is 12.3 Å². The van der Waals surface area contributed by atoms with Crippen LogP contribution in [0, 0.1) is 0 Å². The second-order valence-electron chi connectivity index (χ2n) is 5.56. The maximum Gasteiger partial charge on any atom is 0.142 e. The van der Waals surface area contributed by atoms with Gasteiger partial charge in [-0.3, -0.25) is 0 Å². The molecule has 3 aromatic rings. The zero-order valence-corrected chi connectivity index (χ0v) is 15.9. The Morgan fingerprint density at radius 3 is 2.38 bits per heavy atom. The van der Waals surface area contributed by atoms with Crippen molar-refractivity contribution in [3.8, 4) is 0 Å². The number of hydrogen-bond acceptors (Lipinski definition) is 3. The van der Waals surface area contributed by atoms with Crippen molar-refractivity contribution in [2.24, 2.45) is 5.16 Å². The molecule has 0 fully saturated rings. The minimum atomic E-state index is 0.244. The predicted molar refractivity (Wildman–Crippen MR) is 109 cm³/mol. The highest BCUT2D eigenvalue weighted by molar-refractivity contribution is 6.42. The number of benzene rings is 3. The molecular weight excluding hydrogens is 391 g/mol. The molecule has 0 aliphatic carbocycles. The second kappa shape index (κ2) is 8.45. The van der Waals surface area contributed by atoms with E-state index < -0.39 is 0 Å². The molecule has 0 spiro atoms. The van der Waals surface area contributed by atoms with Crippen LogP contribution < -0.4 is 5.73 Å². The van der Waals surface area contributed by atoms with Crippen LogP contribution in [0.2, 0.25) is 15.1 Å². The van der Waals surface area contributed by atoms with Crippen molar-refractivity contribution in [2.45, 2.75) is 6.61 Å². The lowest BCUT2D eigenvalue weighted by Gasteiger charge is -2.11. The molecule has 0 aliphatic rings. The summed E-state index contributed by atoms with van der Waals surface area (Å²) in [6.07, 6.45) is 0. The van der Waals surface area contributed by atoms with Crippen LogP contribution in [0.15, 0.2) is 71.9 Å². The summed E-state index contributed by atoms with van der Waals surface area (Å²) < 4.78 is 0. The van der Waals surface area contributed by atoms with Crippen LogP contribution in [-0.4, -0.2) is 5.71 Å². The van der Waals surface area contributed by atoms with E-state index in [9.17, 15) is 0 Å². The Morgan fingerprint density at radius 1 is 0.885 bits per heavy atom. The summed E-state index contributed by atoms with van der Waals surface area (Å²) in [6, 6.07) is 20.2. The molecule has 0 amide bonds. The van der Waals surface area contributed by atoms with Gasteiger partial charge in [0.25, 0.3) is 0 Å². The van der Waals surface area contributed by atoms with Gasteiger partial charge in [0.2, 0.25) is 0 Å². The molecule has 132 valence electrons. The van der Waals surface area contributed by atoms with E-state index in [0.717, 1.165) is 11.1 Å². The smallest absolute Gasteiger partial charge is 0.142 e. The van der Waals surface area contributed by atoms with Gasteiger partial charge in [-0.2, -0.15) is 0 Å². The first-order valence-corrected chi connectivity index (χ1v) is 8.92. The lowest BCUT2D eigenvalue weighted by atomic mass is 10.0. The molecule has 0 saturated heterocycles. The summed E-state index contributed by atoms with van der Waals surface area (Å²) in [5, 5.41) is 5.85. The Labute approximate surface area is 166 Å². The Morgan fingerprint density at radius 2 is 1.65 bits per heavy atom. The normalized spacial score (nSPS) is 11.4. The number of hydrogen-bond donors (Lipinski definition) is 1. The third kappa shape index (κ3) is 4.50. The molecule has 2 N–H and O–H groups in total. The topological polar surface area (TPSA) is 47.6 Å². The van der Waals surface area contributed by atoms with Crippen molar-refractivity contribution in [3.05, 3.63) is 98.5 Å². The number of halogens is 3. The molecule has 0 bridgehead atoms. The van der Waals surface area contributed by atoms with Crippen LogP contribution >= 0.6 is 34.8 Å². The zero-order chi connectivity index (χ0) is 18.5. The van der Waals surface area contributed by atoms with Gasteiger partial charge in [-0.25, -0.2) is 0 Å². The molecule has 0 radical (unpaired) electrons. The van der Waals surface area contributed by atoms with E-state index in [1.54, 1.807) is 30.3 Å². The van der Waals surface area contributed by atoms with Gasteiger partial charge in [-0.05, 0) is 35.9 Å². The van der Waals surface area contributed by atoms with Gasteiger partial charge in [-0.15, -0.1) is 0 Å². The fraction of sp³-hybridized carbons (Fsp3) is 0.0500. The fourth-order valence-electron chi connectivity index (χ4n) is 2.39. The van der Waals surface area contributed by atoms with E-state index in [-0.39, 0.29) is 6.61 Å². The van der Waals surface area contributed by atoms with Crippen LogP contribution in [0.25, 0.3) is 0 Å². The Bertz CT molecular complexity index is 943. The summed E-state index contributed by atoms with van der Waals surface area (Å²) in [5.41, 5.74) is 9.72. The molecular formula is C20H15Cl3N2O. The number of anilines is 1. The highest BCUT2D eigenvalue weighted by atomic mass is 35.5. The number of nitrogen functional groups attached to an aromatic ring is 1. The lowest BCUT2D eigenvalue weighted by Crippen LogP contribution is -2.08. The first kappa shape index (κ1) is 18.6. The molecule has 0 unspecified atom stereocenters. The molecule has 3 nitrogen and oxygen atoms in total. The minimum absolute atomic E-state index is 0.244. The van der Waals surface area contributed by atoms with Crippen molar-refractivity contribution in [2.75, 3.05) is 5.73 Å². The maximum absolute atomic E-state index is 6.13. The quantitative estimate of drug-likeness (QED) is 0.312. The standard InChI is InChI=1S/C20H15Cl3N2O/c21-15-7-9-19(24)16(11-15)20(14-4-2-1-3-5-14)25-26-12-13-6-8-17(22)18(23)10-13/h1-11H,12,24H2/b25-20+. The summed E-state index contributed by atoms with van der Waals surface area (Å²) in [6.45, 7) is 0.244. The minimum Gasteiger partial charge on any atom is -0.398 e. The van der Waals surface area contributed by atoms with Crippen molar-refractivity contribution < 1.29 is 4.84 Å². The number of nitrogens with two attached hydrogens (primary N) is 1. The molecule has 0 heterocycles. The number of nitrogens with zero attached hydrogens (tertiary/aromatic N) is 1. The molecule has 0 aliphatic heterocycles. The van der Waals surface area contributed by atoms with Gasteiger partial charge in [0, 0.05) is 21.8 Å². The van der Waals surface area contributed by atoms with Crippen LogP contribution in [0.1, 0.15) is 16.7 Å². The van der Waals surface area contributed by atoms with E-state index >= 15 is 0 Å². The Kier molecular flexibility index (Phi) is 6.04. The van der Waals surface area contributed by atoms with Gasteiger partial charge < -0.3 is 10.6 Å². The molecule has 0 atom stereocenters. The average Bonchev–Trinajstić information content (AvgIpc) is 2.65. The molecule has 0 saturated carbocycles. The number of rotatable bonds is 5. The first-order chi connectivity index (χ1) is 12.5. The zero-order valence-electron chi connectivity index (χ0n) is 13.6. The second-order valence-corrected chi connectivity index (χ2v) is 6.81. The van der Waals surface area contributed by atoms with Gasteiger partial charge in [-0.1, -0.05) is 76.4 Å². The summed E-state index contributed by atoms with van der Waals surface area (Å²) in [7, 11) is 0. The highest BCUT2D eigenvalue weighted by Crippen LogP contribution is 2.24. The summed E-state index contributed by atoms with van der Waals surface area (Å²) >= 11 is 18.1. The SMILES string of the molecule is Nc1ccc(Cl)cc1/C(=N/OCc1ccc(Cl)c(Cl)c1)c1ccccc1. The van der Waals surface area contributed by atoms with Gasteiger partial charge in [0.15, 0.2) is 0 Å². The molecule has 3 rings (SSSR count). The summed E-state index contributed by atoms with van der Waals surface area (Å²) in [4.78, 5) is 5.57. The van der Waals surface area contributed by atoms with Crippen LogP contribution in [-0.2, 0) is 11.4 Å². The molecule has 6 heteroatoms. The molecule has 26 heavy (non-hydrogen) atoms. The van der Waals surface area contributed by atoms with Gasteiger partial charge in [0.05, 0.1) is 10.0 Å². The summed E-state index contributed by atoms with van der Waals surface area (Å²) in [5.74, 6) is 0. The lowest BCUT2D eigenvalue weighted by molar-refractivity contribution is 0.131. The third-order valence-corrected chi connectivity index (χ3v) is 4.66. The van der Waals surface area contributed by atoms with E-state index in [4.69, 9.17) is 45.4 Å². The predicted octanol–water partition coefficient (Wildman–Crippen LogP) is 6.20. The van der Waals surface area contributed by atoms with E-state index in [2.05, 4.69) is 5.16 Å². The monoisotopic (exact) mass is 404 g/mol. The average molecular weight is 406 g/mol. The number of oxime groups is 1. The van der Waals surface area contributed by atoms with E-state index in [0.29, 0.717) is 32.0 Å². The maximum atomic E-state index is 6.13. The van der Waals surface area contributed by atoms with Crippen molar-refractivity contribution in [1.82, 2.24) is 0 Å². The van der Waals surface area contributed by atoms with Crippen molar-refractivity contribution in [1.29, 1.82) is 0 Å². The van der Waals surface area contributed by atoms with Crippen molar-refractivity contribution in [3.63, 3.8) is 0 Å². The van der Waals surface area contributed by atoms with Crippen LogP contribution in [0.4, 0.5) is 5.69 Å². The van der Waals surface area contributed by atoms with Crippen LogP contribution in [0.5, 0.6) is 0 Å². The molecule has 3 aromatic carbocycles.